The molecule has 0 bridgehead atoms. The zero-order valence-corrected chi connectivity index (χ0v) is 18.1. The van der Waals surface area contributed by atoms with E-state index in [1.807, 2.05) is 0 Å². The van der Waals surface area contributed by atoms with Gasteiger partial charge in [-0.1, -0.05) is 85.5 Å². The normalized spacial score (nSPS) is 25.9. The van der Waals surface area contributed by atoms with Crippen molar-refractivity contribution < 1.29 is 19.8 Å². The van der Waals surface area contributed by atoms with Crippen LogP contribution in [0.25, 0.3) is 0 Å². The molecule has 0 aromatic carbocycles. The van der Waals surface area contributed by atoms with Crippen LogP contribution in [-0.4, -0.2) is 22.2 Å². The average molecular weight is 383 g/mol. The number of unbranched alkanes of at least 4 members (excludes halogenated alkanes) is 3. The SMILES string of the molecule is CC(C)CCCCCCC1(C(=O)O)CCCCC1(CCCC(C)C)C(=O)O. The molecule has 1 fully saturated rings. The first-order valence-corrected chi connectivity index (χ1v) is 11.1. The summed E-state index contributed by atoms with van der Waals surface area (Å²) in [4.78, 5) is 24.9. The highest BCUT2D eigenvalue weighted by molar-refractivity contribution is 5.87. The molecule has 0 aliphatic heterocycles. The van der Waals surface area contributed by atoms with E-state index in [2.05, 4.69) is 27.7 Å². The van der Waals surface area contributed by atoms with Crippen molar-refractivity contribution in [1.82, 2.24) is 0 Å². The maximum atomic E-state index is 12.4. The van der Waals surface area contributed by atoms with Crippen molar-refractivity contribution in [2.24, 2.45) is 22.7 Å². The zero-order chi connectivity index (χ0) is 20.5. The Morgan fingerprint density at radius 1 is 0.704 bits per heavy atom. The van der Waals surface area contributed by atoms with Gasteiger partial charge in [-0.05, 0) is 37.5 Å². The topological polar surface area (TPSA) is 74.6 Å². The number of aliphatic carboxylic acids is 2. The van der Waals surface area contributed by atoms with E-state index in [1.165, 1.54) is 12.8 Å². The molecule has 0 spiro atoms. The van der Waals surface area contributed by atoms with Gasteiger partial charge >= 0.3 is 11.9 Å². The van der Waals surface area contributed by atoms with Gasteiger partial charge in [0.05, 0.1) is 10.8 Å². The molecule has 0 aromatic rings. The molecule has 2 unspecified atom stereocenters. The van der Waals surface area contributed by atoms with Crippen molar-refractivity contribution in [2.75, 3.05) is 0 Å². The minimum atomic E-state index is -1.09. The van der Waals surface area contributed by atoms with Crippen LogP contribution in [0, 0.1) is 22.7 Å². The largest absolute Gasteiger partial charge is 0.481 e. The highest BCUT2D eigenvalue weighted by Gasteiger charge is 2.61. The number of carboxylic acids is 2. The third kappa shape index (κ3) is 6.22. The second kappa shape index (κ2) is 11.1. The molecular weight excluding hydrogens is 340 g/mol. The quantitative estimate of drug-likeness (QED) is 0.355. The Morgan fingerprint density at radius 3 is 1.56 bits per heavy atom. The van der Waals surface area contributed by atoms with Gasteiger partial charge in [-0.15, -0.1) is 0 Å². The van der Waals surface area contributed by atoms with Crippen LogP contribution >= 0.6 is 0 Å². The molecule has 0 amide bonds. The summed E-state index contributed by atoms with van der Waals surface area (Å²) in [6, 6.07) is 0. The summed E-state index contributed by atoms with van der Waals surface area (Å²) in [5, 5.41) is 20.4. The molecule has 1 rings (SSSR count). The van der Waals surface area contributed by atoms with Crippen molar-refractivity contribution in [2.45, 2.75) is 111 Å². The van der Waals surface area contributed by atoms with Crippen LogP contribution in [0.4, 0.5) is 0 Å². The Balaban J connectivity index is 2.88. The summed E-state index contributed by atoms with van der Waals surface area (Å²) in [6.07, 6.45) is 10.8. The predicted octanol–water partition coefficient (Wildman–Crippen LogP) is 6.53. The van der Waals surface area contributed by atoms with Crippen LogP contribution in [0.5, 0.6) is 0 Å². The van der Waals surface area contributed by atoms with Crippen LogP contribution in [0.15, 0.2) is 0 Å². The van der Waals surface area contributed by atoms with Gasteiger partial charge in [0.15, 0.2) is 0 Å². The molecule has 1 saturated carbocycles. The molecule has 1 aliphatic rings. The second-order valence-electron chi connectivity index (χ2n) is 9.61. The van der Waals surface area contributed by atoms with E-state index in [0.717, 1.165) is 44.9 Å². The summed E-state index contributed by atoms with van der Waals surface area (Å²) >= 11 is 0. The zero-order valence-electron chi connectivity index (χ0n) is 18.1. The van der Waals surface area contributed by atoms with Gasteiger partial charge in [-0.3, -0.25) is 9.59 Å². The Bertz CT molecular complexity index is 471. The first-order valence-electron chi connectivity index (χ1n) is 11.1. The highest BCUT2D eigenvalue weighted by Crippen LogP contribution is 2.57. The average Bonchev–Trinajstić information content (AvgIpc) is 2.58. The van der Waals surface area contributed by atoms with Gasteiger partial charge in [0.25, 0.3) is 0 Å². The minimum absolute atomic E-state index is 0.500. The van der Waals surface area contributed by atoms with E-state index in [4.69, 9.17) is 0 Å². The van der Waals surface area contributed by atoms with E-state index < -0.39 is 22.8 Å². The Kier molecular flexibility index (Phi) is 9.83. The van der Waals surface area contributed by atoms with Gasteiger partial charge in [-0.2, -0.15) is 0 Å². The smallest absolute Gasteiger partial charge is 0.310 e. The van der Waals surface area contributed by atoms with E-state index in [1.54, 1.807) is 0 Å². The van der Waals surface area contributed by atoms with Crippen molar-refractivity contribution in [3.63, 3.8) is 0 Å². The molecule has 27 heavy (non-hydrogen) atoms. The molecule has 2 atom stereocenters. The number of carboxylic acid groups (broad SMARTS) is 2. The molecule has 158 valence electrons. The molecule has 0 saturated heterocycles. The maximum Gasteiger partial charge on any atom is 0.310 e. The Morgan fingerprint density at radius 2 is 1.11 bits per heavy atom. The fraction of sp³-hybridized carbons (Fsp3) is 0.913. The summed E-state index contributed by atoms with van der Waals surface area (Å²) in [7, 11) is 0. The lowest BCUT2D eigenvalue weighted by Gasteiger charge is -2.49. The third-order valence-corrected chi connectivity index (χ3v) is 6.71. The molecule has 2 N–H and O–H groups in total. The van der Waals surface area contributed by atoms with Crippen LogP contribution in [-0.2, 0) is 9.59 Å². The predicted molar refractivity (Wildman–Crippen MR) is 110 cm³/mol. The Labute approximate surface area is 166 Å². The van der Waals surface area contributed by atoms with E-state index >= 15 is 0 Å². The molecule has 0 radical (unpaired) electrons. The lowest BCUT2D eigenvalue weighted by atomic mass is 9.52. The molecule has 1 aliphatic carbocycles. The lowest BCUT2D eigenvalue weighted by Crippen LogP contribution is -2.54. The lowest BCUT2D eigenvalue weighted by molar-refractivity contribution is -0.182. The number of hydrogen-bond acceptors (Lipinski definition) is 2. The summed E-state index contributed by atoms with van der Waals surface area (Å²) in [5.41, 5.74) is -2.18. The van der Waals surface area contributed by atoms with Gasteiger partial charge < -0.3 is 10.2 Å². The van der Waals surface area contributed by atoms with Crippen molar-refractivity contribution in [3.8, 4) is 0 Å². The molecule has 0 aromatic heterocycles. The van der Waals surface area contributed by atoms with Crippen LogP contribution < -0.4 is 0 Å². The van der Waals surface area contributed by atoms with Crippen molar-refractivity contribution in [1.29, 1.82) is 0 Å². The van der Waals surface area contributed by atoms with Gasteiger partial charge in [-0.25, -0.2) is 0 Å². The number of hydrogen-bond donors (Lipinski definition) is 2. The summed E-state index contributed by atoms with van der Waals surface area (Å²) < 4.78 is 0. The highest BCUT2D eigenvalue weighted by atomic mass is 16.4. The van der Waals surface area contributed by atoms with E-state index in [-0.39, 0.29) is 0 Å². The van der Waals surface area contributed by atoms with Gasteiger partial charge in [0, 0.05) is 0 Å². The molecule has 4 nitrogen and oxygen atoms in total. The first-order chi connectivity index (χ1) is 12.7. The van der Waals surface area contributed by atoms with Crippen molar-refractivity contribution >= 4 is 11.9 Å². The minimum Gasteiger partial charge on any atom is -0.481 e. The number of carbonyl (C=O) groups is 2. The van der Waals surface area contributed by atoms with E-state index in [0.29, 0.717) is 37.5 Å². The van der Waals surface area contributed by atoms with Crippen molar-refractivity contribution in [3.05, 3.63) is 0 Å². The fourth-order valence-corrected chi connectivity index (χ4v) is 5.04. The standard InChI is InChI=1S/C23H42O4/c1-18(2)12-7-5-6-8-14-22(20(24)25)15-9-10-16-23(22,21(26)27)17-11-13-19(3)4/h18-19H,5-17H2,1-4H3,(H,24,25)(H,26,27). The molecule has 4 heteroatoms. The monoisotopic (exact) mass is 382 g/mol. The van der Waals surface area contributed by atoms with Crippen LogP contribution in [0.3, 0.4) is 0 Å². The van der Waals surface area contributed by atoms with Crippen LogP contribution in [0.2, 0.25) is 0 Å². The third-order valence-electron chi connectivity index (χ3n) is 6.71. The van der Waals surface area contributed by atoms with Gasteiger partial charge in [0.2, 0.25) is 0 Å². The first kappa shape index (κ1) is 24.0. The van der Waals surface area contributed by atoms with E-state index in [9.17, 15) is 19.8 Å². The summed E-state index contributed by atoms with van der Waals surface area (Å²) in [6.45, 7) is 8.71. The summed E-state index contributed by atoms with van der Waals surface area (Å²) in [5.74, 6) is -0.543. The number of rotatable bonds is 13. The second-order valence-corrected chi connectivity index (χ2v) is 9.61. The Hall–Kier alpha value is -1.06. The van der Waals surface area contributed by atoms with Crippen LogP contribution in [0.1, 0.15) is 111 Å². The molecular formula is C23H42O4. The van der Waals surface area contributed by atoms with Gasteiger partial charge in [0.1, 0.15) is 0 Å². The fourth-order valence-electron chi connectivity index (χ4n) is 5.04. The molecule has 0 heterocycles. The maximum absolute atomic E-state index is 12.4.